The van der Waals surface area contributed by atoms with Gasteiger partial charge in [0.15, 0.2) is 0 Å². The molecule has 0 amide bonds. The molecular formula is C17H12Cl2F4N2O3S. The minimum Gasteiger partial charge on any atom is -0.374 e. The van der Waals surface area contributed by atoms with Crippen molar-refractivity contribution in [3.05, 3.63) is 63.4 Å². The highest BCUT2D eigenvalue weighted by Gasteiger charge is 2.62. The maximum absolute atomic E-state index is 14.2. The van der Waals surface area contributed by atoms with Gasteiger partial charge in [0.25, 0.3) is 5.60 Å². The van der Waals surface area contributed by atoms with Crippen molar-refractivity contribution in [1.82, 2.24) is 0 Å². The summed E-state index contributed by atoms with van der Waals surface area (Å²) in [6.07, 6.45) is -4.81. The number of oxime groups is 1. The lowest BCUT2D eigenvalue weighted by Crippen LogP contribution is -2.42. The van der Waals surface area contributed by atoms with Crippen molar-refractivity contribution in [3.63, 3.8) is 0 Å². The number of sulfonamides is 1. The number of hydrogen-bond acceptors (Lipinski definition) is 4. The number of rotatable bonds is 4. The van der Waals surface area contributed by atoms with Gasteiger partial charge in [0, 0.05) is 27.6 Å². The van der Waals surface area contributed by atoms with E-state index in [2.05, 4.69) is 5.16 Å². The summed E-state index contributed by atoms with van der Waals surface area (Å²) in [6.45, 7) is 0. The second-order valence-corrected chi connectivity index (χ2v) is 8.98. The Labute approximate surface area is 173 Å². The van der Waals surface area contributed by atoms with Crippen LogP contribution in [-0.4, -0.2) is 26.6 Å². The van der Waals surface area contributed by atoms with Crippen LogP contribution in [0.2, 0.25) is 10.0 Å². The molecule has 2 aromatic carbocycles. The third-order valence-electron chi connectivity index (χ3n) is 4.11. The number of alkyl halides is 3. The standard InChI is InChI=1S/C17H12Cl2F4N2O3S/c1-29(26,27)25-14-3-2-9(4-13(14)20)15-8-16(28-24-15,17(21,22)23)10-5-11(18)7-12(19)6-10/h2-7,25H,8H2,1H3. The Hall–Kier alpha value is -2.04. The van der Waals surface area contributed by atoms with Crippen LogP contribution in [0.1, 0.15) is 17.5 Å². The molecule has 0 aromatic heterocycles. The molecular weight excluding hydrogens is 459 g/mol. The first-order valence-electron chi connectivity index (χ1n) is 7.87. The molecule has 1 heterocycles. The van der Waals surface area contributed by atoms with Gasteiger partial charge in [-0.15, -0.1) is 0 Å². The maximum atomic E-state index is 14.2. The Balaban J connectivity index is 1.98. The molecule has 0 saturated heterocycles. The number of hydrogen-bond donors (Lipinski definition) is 1. The zero-order valence-electron chi connectivity index (χ0n) is 14.5. The second-order valence-electron chi connectivity index (χ2n) is 6.36. The van der Waals surface area contributed by atoms with E-state index in [1.165, 1.54) is 12.1 Å². The van der Waals surface area contributed by atoms with Gasteiger partial charge in [-0.05, 0) is 30.3 Å². The fourth-order valence-electron chi connectivity index (χ4n) is 2.82. The van der Waals surface area contributed by atoms with Gasteiger partial charge >= 0.3 is 6.18 Å². The summed E-state index contributed by atoms with van der Waals surface area (Å²) in [5.74, 6) is -0.981. The Morgan fingerprint density at radius 2 is 1.76 bits per heavy atom. The van der Waals surface area contributed by atoms with E-state index in [1.54, 1.807) is 0 Å². The Morgan fingerprint density at radius 1 is 1.14 bits per heavy atom. The zero-order valence-corrected chi connectivity index (χ0v) is 16.8. The molecule has 5 nitrogen and oxygen atoms in total. The molecule has 0 radical (unpaired) electrons. The van der Waals surface area contributed by atoms with Crippen molar-refractivity contribution in [2.45, 2.75) is 18.2 Å². The third kappa shape index (κ3) is 4.44. The first-order chi connectivity index (χ1) is 13.3. The predicted octanol–water partition coefficient (Wildman–Crippen LogP) is 5.09. The molecule has 3 rings (SSSR count). The van der Waals surface area contributed by atoms with Crippen LogP contribution in [0.15, 0.2) is 41.6 Å². The number of nitrogens with one attached hydrogen (secondary N) is 1. The molecule has 1 unspecified atom stereocenters. The summed E-state index contributed by atoms with van der Waals surface area (Å²) in [6, 6.07) is 6.59. The average Bonchev–Trinajstić information content (AvgIpc) is 3.01. The number of anilines is 1. The van der Waals surface area contributed by atoms with Gasteiger partial charge in [-0.25, -0.2) is 12.8 Å². The molecule has 156 valence electrons. The van der Waals surface area contributed by atoms with E-state index in [9.17, 15) is 26.0 Å². The van der Waals surface area contributed by atoms with Crippen LogP contribution in [0.25, 0.3) is 0 Å². The fraction of sp³-hybridized carbons (Fsp3) is 0.235. The quantitative estimate of drug-likeness (QED) is 0.633. The number of nitrogens with zero attached hydrogens (tertiary/aromatic N) is 1. The predicted molar refractivity (Wildman–Crippen MR) is 101 cm³/mol. The van der Waals surface area contributed by atoms with E-state index >= 15 is 0 Å². The van der Waals surface area contributed by atoms with E-state index in [0.29, 0.717) is 0 Å². The molecule has 29 heavy (non-hydrogen) atoms. The second kappa shape index (κ2) is 7.33. The van der Waals surface area contributed by atoms with E-state index in [-0.39, 0.29) is 32.6 Å². The monoisotopic (exact) mass is 470 g/mol. The minimum absolute atomic E-state index is 0.000742. The molecule has 12 heteroatoms. The van der Waals surface area contributed by atoms with Crippen molar-refractivity contribution < 1.29 is 30.8 Å². The summed E-state index contributed by atoms with van der Waals surface area (Å²) in [7, 11) is -3.73. The largest absolute Gasteiger partial charge is 0.435 e. The number of benzene rings is 2. The van der Waals surface area contributed by atoms with Crippen molar-refractivity contribution in [3.8, 4) is 0 Å². The first kappa shape index (κ1) is 21.7. The van der Waals surface area contributed by atoms with Gasteiger partial charge in [0.2, 0.25) is 10.0 Å². The highest BCUT2D eigenvalue weighted by atomic mass is 35.5. The number of halogens is 6. The molecule has 1 aliphatic rings. The van der Waals surface area contributed by atoms with Gasteiger partial charge in [-0.3, -0.25) is 4.72 Å². The van der Waals surface area contributed by atoms with Crippen LogP contribution in [0.3, 0.4) is 0 Å². The molecule has 0 bridgehead atoms. The summed E-state index contributed by atoms with van der Waals surface area (Å²) < 4.78 is 80.5. The van der Waals surface area contributed by atoms with Gasteiger partial charge in [-0.1, -0.05) is 34.4 Å². The van der Waals surface area contributed by atoms with Gasteiger partial charge in [0.05, 0.1) is 17.7 Å². The molecule has 1 N–H and O–H groups in total. The maximum Gasteiger partial charge on any atom is 0.435 e. The highest BCUT2D eigenvalue weighted by Crippen LogP contribution is 2.49. The molecule has 0 aliphatic carbocycles. The van der Waals surface area contributed by atoms with Gasteiger partial charge in [0.1, 0.15) is 5.82 Å². The SMILES string of the molecule is CS(=O)(=O)Nc1ccc(C2=NOC(c3cc(Cl)cc(Cl)c3)(C(F)(F)F)C2)cc1F. The van der Waals surface area contributed by atoms with Gasteiger partial charge in [-0.2, -0.15) is 13.2 Å². The smallest absolute Gasteiger partial charge is 0.374 e. The summed E-state index contributed by atoms with van der Waals surface area (Å²) in [4.78, 5) is 4.83. The zero-order chi connectivity index (χ0) is 21.6. The van der Waals surface area contributed by atoms with Gasteiger partial charge < -0.3 is 4.84 Å². The summed E-state index contributed by atoms with van der Waals surface area (Å²) in [5, 5.41) is 3.48. The van der Waals surface area contributed by atoms with Crippen LogP contribution < -0.4 is 4.72 Å². The first-order valence-corrected chi connectivity index (χ1v) is 10.5. The van der Waals surface area contributed by atoms with E-state index in [1.807, 2.05) is 4.72 Å². The molecule has 0 spiro atoms. The highest BCUT2D eigenvalue weighted by molar-refractivity contribution is 7.92. The third-order valence-corrected chi connectivity index (χ3v) is 5.14. The lowest BCUT2D eigenvalue weighted by Gasteiger charge is -2.29. The summed E-state index contributed by atoms with van der Waals surface area (Å²) in [5.41, 5.74) is -3.72. The van der Waals surface area contributed by atoms with Crippen LogP contribution in [0.5, 0.6) is 0 Å². The van der Waals surface area contributed by atoms with E-state index in [0.717, 1.165) is 30.5 Å². The normalized spacial score (nSPS) is 19.6. The Morgan fingerprint density at radius 3 is 2.28 bits per heavy atom. The Bertz CT molecular complexity index is 1090. The van der Waals surface area contributed by atoms with Crippen LogP contribution in [0.4, 0.5) is 23.2 Å². The van der Waals surface area contributed by atoms with Crippen LogP contribution >= 0.6 is 23.2 Å². The van der Waals surface area contributed by atoms with Crippen LogP contribution in [-0.2, 0) is 20.5 Å². The Kier molecular flexibility index (Phi) is 5.48. The summed E-state index contributed by atoms with van der Waals surface area (Å²) >= 11 is 11.7. The average molecular weight is 471 g/mol. The molecule has 2 aromatic rings. The molecule has 1 atom stereocenters. The van der Waals surface area contributed by atoms with Crippen molar-refractivity contribution in [2.75, 3.05) is 11.0 Å². The molecule has 0 fully saturated rings. The van der Waals surface area contributed by atoms with Crippen molar-refractivity contribution in [2.24, 2.45) is 5.16 Å². The lowest BCUT2D eigenvalue weighted by atomic mass is 9.86. The lowest BCUT2D eigenvalue weighted by molar-refractivity contribution is -0.275. The van der Waals surface area contributed by atoms with Crippen molar-refractivity contribution in [1.29, 1.82) is 0 Å². The van der Waals surface area contributed by atoms with E-state index in [4.69, 9.17) is 28.0 Å². The minimum atomic E-state index is -4.89. The fourth-order valence-corrected chi connectivity index (χ4v) is 3.91. The molecule has 0 saturated carbocycles. The van der Waals surface area contributed by atoms with Crippen LogP contribution in [0, 0.1) is 5.82 Å². The topological polar surface area (TPSA) is 67.8 Å². The molecule has 1 aliphatic heterocycles. The van der Waals surface area contributed by atoms with E-state index < -0.39 is 34.0 Å². The van der Waals surface area contributed by atoms with Crippen molar-refractivity contribution >= 4 is 44.6 Å².